The summed E-state index contributed by atoms with van der Waals surface area (Å²) in [6, 6.07) is 0. The highest BCUT2D eigenvalue weighted by molar-refractivity contribution is 5.75. The fourth-order valence-corrected chi connectivity index (χ4v) is 2.04. The molecule has 92 valence electrons. The van der Waals surface area contributed by atoms with Crippen molar-refractivity contribution in [2.24, 2.45) is 10.8 Å². The van der Waals surface area contributed by atoms with Gasteiger partial charge in [-0.15, -0.1) is 6.58 Å². The number of carbonyl (C=O) groups excluding carboxylic acids is 1. The minimum absolute atomic E-state index is 0.0550. The number of ether oxygens (including phenoxy) is 1. The van der Waals surface area contributed by atoms with E-state index in [1.807, 2.05) is 26.8 Å². The second kappa shape index (κ2) is 5.03. The highest BCUT2D eigenvalue weighted by Gasteiger charge is 2.34. The molecule has 0 aromatic heterocycles. The predicted octanol–water partition coefficient (Wildman–Crippen LogP) is 3.71. The maximum Gasteiger partial charge on any atom is 0.311 e. The first-order chi connectivity index (χ1) is 7.46. The Morgan fingerprint density at radius 3 is 2.44 bits per heavy atom. The van der Waals surface area contributed by atoms with Crippen LogP contribution in [0.5, 0.6) is 0 Å². The van der Waals surface area contributed by atoms with E-state index in [4.69, 9.17) is 4.74 Å². The van der Waals surface area contributed by atoms with E-state index < -0.39 is 0 Å². The summed E-state index contributed by atoms with van der Waals surface area (Å²) in [7, 11) is 0. The number of rotatable bonds is 5. The van der Waals surface area contributed by atoms with Gasteiger partial charge < -0.3 is 4.74 Å². The van der Waals surface area contributed by atoms with Crippen molar-refractivity contribution in [3.8, 4) is 0 Å². The molecule has 0 aromatic carbocycles. The van der Waals surface area contributed by atoms with E-state index in [2.05, 4.69) is 6.58 Å². The molecule has 1 aliphatic carbocycles. The monoisotopic (exact) mass is 224 g/mol. The Balaban J connectivity index is 2.50. The van der Waals surface area contributed by atoms with Crippen molar-refractivity contribution >= 4 is 5.97 Å². The van der Waals surface area contributed by atoms with Crippen LogP contribution in [0.15, 0.2) is 12.7 Å². The van der Waals surface area contributed by atoms with Crippen LogP contribution in [0, 0.1) is 10.8 Å². The zero-order valence-electron chi connectivity index (χ0n) is 10.8. The van der Waals surface area contributed by atoms with Gasteiger partial charge in [0.25, 0.3) is 0 Å². The van der Waals surface area contributed by atoms with Gasteiger partial charge >= 0.3 is 5.97 Å². The molecular weight excluding hydrogens is 200 g/mol. The minimum atomic E-state index is -0.360. The molecule has 1 fully saturated rings. The van der Waals surface area contributed by atoms with Crippen LogP contribution in [0.3, 0.4) is 0 Å². The van der Waals surface area contributed by atoms with Crippen molar-refractivity contribution in [3.05, 3.63) is 12.7 Å². The molecule has 0 N–H and O–H groups in total. The Hall–Kier alpha value is -0.790. The fourth-order valence-electron chi connectivity index (χ4n) is 2.04. The molecule has 0 unspecified atom stereocenters. The summed E-state index contributed by atoms with van der Waals surface area (Å²) in [4.78, 5) is 11.9. The minimum Gasteiger partial charge on any atom is -0.464 e. The maximum absolute atomic E-state index is 11.9. The smallest absolute Gasteiger partial charge is 0.311 e. The first-order valence-corrected chi connectivity index (χ1v) is 6.27. The summed E-state index contributed by atoms with van der Waals surface area (Å²) in [5.41, 5.74) is -0.305. The third-order valence-corrected chi connectivity index (χ3v) is 3.96. The molecule has 0 aromatic rings. The number of esters is 1. The fraction of sp³-hybridized carbons (Fsp3) is 0.786. The molecular formula is C14H24O2. The van der Waals surface area contributed by atoms with Crippen LogP contribution in [0.1, 0.15) is 52.9 Å². The SMILES string of the molecule is C=CC1(COC(=O)C(C)(C)CC)CCCC1. The lowest BCUT2D eigenvalue weighted by molar-refractivity contribution is -0.156. The van der Waals surface area contributed by atoms with Gasteiger partial charge in [0.15, 0.2) is 0 Å². The molecule has 1 aliphatic rings. The summed E-state index contributed by atoms with van der Waals surface area (Å²) in [6.07, 6.45) is 7.45. The Morgan fingerprint density at radius 1 is 1.44 bits per heavy atom. The molecule has 1 saturated carbocycles. The van der Waals surface area contributed by atoms with Crippen LogP contribution in [-0.2, 0) is 9.53 Å². The molecule has 1 rings (SSSR count). The third-order valence-electron chi connectivity index (χ3n) is 3.96. The van der Waals surface area contributed by atoms with E-state index in [-0.39, 0.29) is 16.8 Å². The van der Waals surface area contributed by atoms with E-state index in [0.717, 1.165) is 19.3 Å². The van der Waals surface area contributed by atoms with Crippen molar-refractivity contribution in [1.82, 2.24) is 0 Å². The number of hydrogen-bond donors (Lipinski definition) is 0. The van der Waals surface area contributed by atoms with Crippen molar-refractivity contribution in [2.75, 3.05) is 6.61 Å². The van der Waals surface area contributed by atoms with Gasteiger partial charge in [-0.1, -0.05) is 25.8 Å². The summed E-state index contributed by atoms with van der Waals surface area (Å²) >= 11 is 0. The third kappa shape index (κ3) is 2.87. The summed E-state index contributed by atoms with van der Waals surface area (Å²) < 4.78 is 5.47. The Kier molecular flexibility index (Phi) is 4.17. The van der Waals surface area contributed by atoms with E-state index >= 15 is 0 Å². The normalized spacial score (nSPS) is 19.4. The van der Waals surface area contributed by atoms with Gasteiger partial charge in [-0.2, -0.15) is 0 Å². The lowest BCUT2D eigenvalue weighted by atomic mass is 9.87. The van der Waals surface area contributed by atoms with Gasteiger partial charge in [0.2, 0.25) is 0 Å². The zero-order chi connectivity index (χ0) is 12.2. The molecule has 16 heavy (non-hydrogen) atoms. The first kappa shape index (κ1) is 13.3. The molecule has 2 nitrogen and oxygen atoms in total. The molecule has 0 amide bonds. The van der Waals surface area contributed by atoms with Crippen molar-refractivity contribution in [1.29, 1.82) is 0 Å². The lowest BCUT2D eigenvalue weighted by Crippen LogP contribution is -2.30. The van der Waals surface area contributed by atoms with Crippen LogP contribution in [0.2, 0.25) is 0 Å². The van der Waals surface area contributed by atoms with Gasteiger partial charge in [-0.05, 0) is 33.1 Å². The van der Waals surface area contributed by atoms with Crippen LogP contribution in [0.25, 0.3) is 0 Å². The van der Waals surface area contributed by atoms with E-state index in [0.29, 0.717) is 6.61 Å². The van der Waals surface area contributed by atoms with E-state index in [1.54, 1.807) is 0 Å². The van der Waals surface area contributed by atoms with Crippen LogP contribution >= 0.6 is 0 Å². The maximum atomic E-state index is 11.9. The van der Waals surface area contributed by atoms with Crippen LogP contribution < -0.4 is 0 Å². The highest BCUT2D eigenvalue weighted by Crippen LogP contribution is 2.39. The molecule has 0 heterocycles. The topological polar surface area (TPSA) is 26.3 Å². The summed E-state index contributed by atoms with van der Waals surface area (Å²) in [5.74, 6) is -0.0804. The summed E-state index contributed by atoms with van der Waals surface area (Å²) in [5, 5.41) is 0. The average molecular weight is 224 g/mol. The van der Waals surface area contributed by atoms with Crippen molar-refractivity contribution in [3.63, 3.8) is 0 Å². The van der Waals surface area contributed by atoms with Gasteiger partial charge in [0, 0.05) is 5.41 Å². The molecule has 0 saturated heterocycles. The van der Waals surface area contributed by atoms with Crippen molar-refractivity contribution in [2.45, 2.75) is 52.9 Å². The Morgan fingerprint density at radius 2 is 2.00 bits per heavy atom. The standard InChI is InChI=1S/C14H24O2/c1-5-13(3,4)12(15)16-11-14(6-2)9-7-8-10-14/h6H,2,5,7-11H2,1,3-4H3. The predicted molar refractivity (Wildman–Crippen MR) is 66.1 cm³/mol. The molecule has 0 bridgehead atoms. The molecule has 0 spiro atoms. The first-order valence-electron chi connectivity index (χ1n) is 6.27. The van der Waals surface area contributed by atoms with Crippen molar-refractivity contribution < 1.29 is 9.53 Å². The van der Waals surface area contributed by atoms with Gasteiger partial charge in [-0.25, -0.2) is 0 Å². The van der Waals surface area contributed by atoms with Crippen LogP contribution in [0.4, 0.5) is 0 Å². The van der Waals surface area contributed by atoms with E-state index in [1.165, 1.54) is 12.8 Å². The lowest BCUT2D eigenvalue weighted by Gasteiger charge is -2.27. The summed E-state index contributed by atoms with van der Waals surface area (Å²) in [6.45, 7) is 10.3. The van der Waals surface area contributed by atoms with Crippen LogP contribution in [-0.4, -0.2) is 12.6 Å². The second-order valence-corrected chi connectivity index (χ2v) is 5.59. The molecule has 2 heteroatoms. The number of hydrogen-bond acceptors (Lipinski definition) is 2. The average Bonchev–Trinajstić information content (AvgIpc) is 2.75. The van der Waals surface area contributed by atoms with Gasteiger partial charge in [-0.3, -0.25) is 4.79 Å². The van der Waals surface area contributed by atoms with E-state index in [9.17, 15) is 4.79 Å². The highest BCUT2D eigenvalue weighted by atomic mass is 16.5. The second-order valence-electron chi connectivity index (χ2n) is 5.59. The number of carbonyl (C=O) groups is 1. The quantitative estimate of drug-likeness (QED) is 0.525. The van der Waals surface area contributed by atoms with Gasteiger partial charge in [0.1, 0.15) is 6.61 Å². The molecule has 0 atom stereocenters. The Labute approximate surface area is 99.1 Å². The largest absolute Gasteiger partial charge is 0.464 e. The zero-order valence-corrected chi connectivity index (χ0v) is 10.8. The molecule has 0 aliphatic heterocycles. The molecule has 0 radical (unpaired) electrons. The Bertz CT molecular complexity index is 260. The van der Waals surface area contributed by atoms with Gasteiger partial charge in [0.05, 0.1) is 5.41 Å².